The average molecular weight is 324 g/mol. The second kappa shape index (κ2) is 6.95. The zero-order chi connectivity index (χ0) is 14.5. The Labute approximate surface area is 123 Å². The smallest absolute Gasteiger partial charge is 0.215 e. The van der Waals surface area contributed by atoms with Gasteiger partial charge in [0.1, 0.15) is 0 Å². The van der Waals surface area contributed by atoms with Crippen molar-refractivity contribution >= 4 is 33.4 Å². The van der Waals surface area contributed by atoms with Crippen molar-refractivity contribution in [2.75, 3.05) is 18.6 Å². The Morgan fingerprint density at radius 1 is 1.42 bits per heavy atom. The van der Waals surface area contributed by atoms with Crippen molar-refractivity contribution in [2.45, 2.75) is 18.3 Å². The van der Waals surface area contributed by atoms with Gasteiger partial charge in [-0.3, -0.25) is 0 Å². The van der Waals surface area contributed by atoms with Gasteiger partial charge in [-0.05, 0) is 24.8 Å². The van der Waals surface area contributed by atoms with Crippen molar-refractivity contribution in [2.24, 2.45) is 0 Å². The SMILES string of the molecule is CSCC(C)(O)CNS(=O)(=O)Cc1ccccc1Cl. The van der Waals surface area contributed by atoms with Gasteiger partial charge in [-0.2, -0.15) is 11.8 Å². The summed E-state index contributed by atoms with van der Waals surface area (Å²) in [5.74, 6) is 0.267. The molecule has 0 saturated carbocycles. The van der Waals surface area contributed by atoms with Crippen LogP contribution in [0, 0.1) is 0 Å². The number of rotatable bonds is 7. The number of sulfonamides is 1. The van der Waals surface area contributed by atoms with E-state index in [0.717, 1.165) is 0 Å². The van der Waals surface area contributed by atoms with Crippen LogP contribution in [0.3, 0.4) is 0 Å². The van der Waals surface area contributed by atoms with E-state index in [1.54, 1.807) is 31.2 Å². The first-order valence-corrected chi connectivity index (χ1v) is 9.10. The molecule has 0 spiro atoms. The topological polar surface area (TPSA) is 66.4 Å². The van der Waals surface area contributed by atoms with E-state index in [-0.39, 0.29) is 12.3 Å². The van der Waals surface area contributed by atoms with Crippen LogP contribution in [0.5, 0.6) is 0 Å². The lowest BCUT2D eigenvalue weighted by molar-refractivity contribution is 0.0908. The van der Waals surface area contributed by atoms with Crippen LogP contribution in [-0.2, 0) is 15.8 Å². The molecule has 4 nitrogen and oxygen atoms in total. The molecule has 0 aromatic heterocycles. The van der Waals surface area contributed by atoms with E-state index in [4.69, 9.17) is 11.6 Å². The van der Waals surface area contributed by atoms with Crippen LogP contribution < -0.4 is 4.72 Å². The molecule has 0 aliphatic rings. The highest BCUT2D eigenvalue weighted by atomic mass is 35.5. The highest BCUT2D eigenvalue weighted by Gasteiger charge is 2.23. The molecule has 0 aliphatic heterocycles. The molecule has 0 saturated heterocycles. The minimum absolute atomic E-state index is 0.0133. The molecule has 108 valence electrons. The molecule has 0 bridgehead atoms. The molecule has 0 aliphatic carbocycles. The molecule has 0 amide bonds. The van der Waals surface area contributed by atoms with E-state index in [9.17, 15) is 13.5 Å². The normalized spacial score (nSPS) is 15.2. The van der Waals surface area contributed by atoms with Crippen LogP contribution in [0.15, 0.2) is 24.3 Å². The monoisotopic (exact) mass is 323 g/mol. The number of hydrogen-bond acceptors (Lipinski definition) is 4. The van der Waals surface area contributed by atoms with Crippen molar-refractivity contribution in [1.29, 1.82) is 0 Å². The predicted molar refractivity (Wildman–Crippen MR) is 81.1 cm³/mol. The van der Waals surface area contributed by atoms with Gasteiger partial charge in [-0.1, -0.05) is 29.8 Å². The van der Waals surface area contributed by atoms with Gasteiger partial charge in [0.05, 0.1) is 11.4 Å². The molecule has 1 aromatic carbocycles. The Morgan fingerprint density at radius 2 is 2.05 bits per heavy atom. The molecule has 1 atom stereocenters. The van der Waals surface area contributed by atoms with Gasteiger partial charge >= 0.3 is 0 Å². The summed E-state index contributed by atoms with van der Waals surface area (Å²) in [5, 5.41) is 10.3. The van der Waals surface area contributed by atoms with Crippen LogP contribution in [0.4, 0.5) is 0 Å². The quantitative estimate of drug-likeness (QED) is 0.804. The van der Waals surface area contributed by atoms with E-state index in [0.29, 0.717) is 16.3 Å². The zero-order valence-electron chi connectivity index (χ0n) is 10.9. The zero-order valence-corrected chi connectivity index (χ0v) is 13.3. The maximum absolute atomic E-state index is 11.9. The maximum Gasteiger partial charge on any atom is 0.215 e. The van der Waals surface area contributed by atoms with E-state index < -0.39 is 15.6 Å². The molecule has 0 heterocycles. The third kappa shape index (κ3) is 6.14. The van der Waals surface area contributed by atoms with Crippen molar-refractivity contribution < 1.29 is 13.5 Å². The summed E-state index contributed by atoms with van der Waals surface area (Å²) in [6.07, 6.45) is 1.85. The summed E-state index contributed by atoms with van der Waals surface area (Å²) in [6, 6.07) is 6.80. The summed E-state index contributed by atoms with van der Waals surface area (Å²) >= 11 is 7.38. The van der Waals surface area contributed by atoms with Gasteiger partial charge in [-0.25, -0.2) is 13.1 Å². The van der Waals surface area contributed by atoms with Crippen LogP contribution >= 0.6 is 23.4 Å². The molecular weight excluding hydrogens is 306 g/mol. The number of benzene rings is 1. The lowest BCUT2D eigenvalue weighted by atomic mass is 10.1. The second-order valence-electron chi connectivity index (χ2n) is 4.60. The van der Waals surface area contributed by atoms with Crippen LogP contribution in [0.1, 0.15) is 12.5 Å². The van der Waals surface area contributed by atoms with Crippen molar-refractivity contribution in [1.82, 2.24) is 4.72 Å². The fourth-order valence-electron chi connectivity index (χ4n) is 1.50. The lowest BCUT2D eigenvalue weighted by Gasteiger charge is -2.22. The molecule has 2 N–H and O–H groups in total. The second-order valence-corrected chi connectivity index (χ2v) is 7.68. The molecule has 1 unspecified atom stereocenters. The highest BCUT2D eigenvalue weighted by Crippen LogP contribution is 2.17. The van der Waals surface area contributed by atoms with Gasteiger partial charge in [0.2, 0.25) is 10.0 Å². The van der Waals surface area contributed by atoms with Gasteiger partial charge in [-0.15, -0.1) is 0 Å². The van der Waals surface area contributed by atoms with E-state index in [1.807, 2.05) is 6.26 Å². The Kier molecular flexibility index (Phi) is 6.14. The molecule has 19 heavy (non-hydrogen) atoms. The fraction of sp³-hybridized carbons (Fsp3) is 0.500. The molecular formula is C12H18ClNO3S2. The Balaban J connectivity index is 2.65. The van der Waals surface area contributed by atoms with E-state index in [2.05, 4.69) is 4.72 Å². The summed E-state index contributed by atoms with van der Waals surface area (Å²) in [5.41, 5.74) is -0.520. The van der Waals surface area contributed by atoms with Crippen molar-refractivity contribution in [3.8, 4) is 0 Å². The van der Waals surface area contributed by atoms with Gasteiger partial charge in [0.15, 0.2) is 0 Å². The van der Waals surface area contributed by atoms with Crippen LogP contribution in [-0.4, -0.2) is 37.7 Å². The van der Waals surface area contributed by atoms with Crippen LogP contribution in [0.25, 0.3) is 0 Å². The molecule has 1 aromatic rings. The minimum Gasteiger partial charge on any atom is -0.388 e. The molecule has 1 rings (SSSR count). The van der Waals surface area contributed by atoms with E-state index in [1.165, 1.54) is 11.8 Å². The summed E-state index contributed by atoms with van der Waals surface area (Å²) in [4.78, 5) is 0. The molecule has 0 fully saturated rings. The number of halogens is 1. The molecule has 0 radical (unpaired) electrons. The number of thioether (sulfide) groups is 1. The highest BCUT2D eigenvalue weighted by molar-refractivity contribution is 7.98. The van der Waals surface area contributed by atoms with Gasteiger partial charge < -0.3 is 5.11 Å². The first-order chi connectivity index (χ1) is 8.76. The predicted octanol–water partition coefficient (Wildman–Crippen LogP) is 1.87. The standard InChI is InChI=1S/C12H18ClNO3S2/c1-12(15,9-18-2)8-14-19(16,17)7-10-5-3-4-6-11(10)13/h3-6,14-15H,7-9H2,1-2H3. The number of aliphatic hydroxyl groups is 1. The van der Waals surface area contributed by atoms with Crippen molar-refractivity contribution in [3.63, 3.8) is 0 Å². The number of hydrogen-bond donors (Lipinski definition) is 2. The first kappa shape index (κ1) is 16.8. The Hall–Kier alpha value is -0.270. The summed E-state index contributed by atoms with van der Waals surface area (Å²) in [6.45, 7) is 1.59. The number of nitrogens with one attached hydrogen (secondary N) is 1. The largest absolute Gasteiger partial charge is 0.388 e. The molecule has 7 heteroatoms. The van der Waals surface area contributed by atoms with E-state index >= 15 is 0 Å². The van der Waals surface area contributed by atoms with Crippen LogP contribution in [0.2, 0.25) is 5.02 Å². The third-order valence-electron chi connectivity index (χ3n) is 2.43. The van der Waals surface area contributed by atoms with Gasteiger partial charge in [0, 0.05) is 17.3 Å². The van der Waals surface area contributed by atoms with Gasteiger partial charge in [0.25, 0.3) is 0 Å². The lowest BCUT2D eigenvalue weighted by Crippen LogP contribution is -2.42. The van der Waals surface area contributed by atoms with Crippen molar-refractivity contribution in [3.05, 3.63) is 34.9 Å². The average Bonchev–Trinajstić information content (AvgIpc) is 2.30. The third-order valence-corrected chi connectivity index (χ3v) is 4.99. The summed E-state index contributed by atoms with van der Waals surface area (Å²) in [7, 11) is -3.51. The Morgan fingerprint density at radius 3 is 2.63 bits per heavy atom. The minimum atomic E-state index is -3.51. The Bertz CT molecular complexity index is 517. The maximum atomic E-state index is 11.9. The summed E-state index contributed by atoms with van der Waals surface area (Å²) < 4.78 is 26.2. The first-order valence-electron chi connectivity index (χ1n) is 5.68. The fourth-order valence-corrected chi connectivity index (χ4v) is 3.80.